The largest absolute Gasteiger partial charge is 0.480 e. The summed E-state index contributed by atoms with van der Waals surface area (Å²) in [6.07, 6.45) is 1.68. The van der Waals surface area contributed by atoms with Crippen molar-refractivity contribution in [2.24, 2.45) is 0 Å². The zero-order valence-electron chi connectivity index (χ0n) is 13.2. The number of nitro benzene ring substituents is 2. The molecule has 0 atom stereocenters. The van der Waals surface area contributed by atoms with Gasteiger partial charge in [0.25, 0.3) is 5.69 Å². The van der Waals surface area contributed by atoms with Crippen molar-refractivity contribution in [1.82, 2.24) is 19.9 Å². The molecule has 11 nitrogen and oxygen atoms in total. The van der Waals surface area contributed by atoms with E-state index in [-0.39, 0.29) is 18.0 Å². The van der Waals surface area contributed by atoms with Gasteiger partial charge in [-0.15, -0.1) is 5.10 Å². The molecule has 0 radical (unpaired) electrons. The van der Waals surface area contributed by atoms with Crippen molar-refractivity contribution in [2.75, 3.05) is 20.6 Å². The van der Waals surface area contributed by atoms with Crippen LogP contribution in [0.1, 0.15) is 5.69 Å². The summed E-state index contributed by atoms with van der Waals surface area (Å²) in [7, 11) is 3.88. The average molecular weight is 336 g/mol. The lowest BCUT2D eigenvalue weighted by Crippen LogP contribution is -2.18. The Kier molecular flexibility index (Phi) is 5.37. The lowest BCUT2D eigenvalue weighted by molar-refractivity contribution is -0.394. The third-order valence-electron chi connectivity index (χ3n) is 3.09. The highest BCUT2D eigenvalue weighted by Gasteiger charge is 2.21. The van der Waals surface area contributed by atoms with Gasteiger partial charge in [0.15, 0.2) is 5.75 Å². The number of rotatable bonds is 8. The second kappa shape index (κ2) is 7.46. The molecule has 0 fully saturated rings. The first-order chi connectivity index (χ1) is 11.4. The molecule has 24 heavy (non-hydrogen) atoms. The number of hydrogen-bond donors (Lipinski definition) is 0. The number of non-ortho nitro benzene ring substituents is 1. The van der Waals surface area contributed by atoms with Gasteiger partial charge < -0.3 is 9.64 Å². The number of nitro groups is 2. The molecular weight excluding hydrogens is 320 g/mol. The Hall–Kier alpha value is -3.08. The van der Waals surface area contributed by atoms with Gasteiger partial charge in [-0.1, -0.05) is 5.21 Å². The number of aromatic nitrogens is 3. The minimum absolute atomic E-state index is 0.0272. The minimum Gasteiger partial charge on any atom is -0.480 e. The van der Waals surface area contributed by atoms with Gasteiger partial charge in [0, 0.05) is 12.6 Å². The Labute approximate surface area is 136 Å². The molecule has 0 aliphatic carbocycles. The topological polar surface area (TPSA) is 129 Å². The van der Waals surface area contributed by atoms with Gasteiger partial charge in [0.05, 0.1) is 28.7 Å². The van der Waals surface area contributed by atoms with Crippen molar-refractivity contribution >= 4 is 11.4 Å². The summed E-state index contributed by atoms with van der Waals surface area (Å²) in [5, 5.41) is 29.6. The van der Waals surface area contributed by atoms with Gasteiger partial charge in [0.1, 0.15) is 12.3 Å². The number of ether oxygens (including phenoxy) is 1. The van der Waals surface area contributed by atoms with Crippen molar-refractivity contribution in [3.63, 3.8) is 0 Å². The Bertz CT molecular complexity index is 744. The van der Waals surface area contributed by atoms with Gasteiger partial charge in [-0.3, -0.25) is 24.9 Å². The van der Waals surface area contributed by atoms with E-state index in [2.05, 4.69) is 10.3 Å². The molecule has 1 heterocycles. The summed E-state index contributed by atoms with van der Waals surface area (Å²) in [6, 6.07) is 3.21. The highest BCUT2D eigenvalue weighted by atomic mass is 16.6. The first-order valence-corrected chi connectivity index (χ1v) is 6.96. The second-order valence-corrected chi connectivity index (χ2v) is 5.23. The smallest absolute Gasteiger partial charge is 0.317 e. The van der Waals surface area contributed by atoms with E-state index in [0.717, 1.165) is 18.7 Å². The van der Waals surface area contributed by atoms with E-state index in [9.17, 15) is 20.2 Å². The summed E-state index contributed by atoms with van der Waals surface area (Å²) in [4.78, 5) is 22.3. The summed E-state index contributed by atoms with van der Waals surface area (Å²) < 4.78 is 7.01. The van der Waals surface area contributed by atoms with E-state index in [1.807, 2.05) is 19.0 Å². The highest BCUT2D eigenvalue weighted by Crippen LogP contribution is 2.31. The van der Waals surface area contributed by atoms with Crippen molar-refractivity contribution in [2.45, 2.75) is 13.2 Å². The molecule has 128 valence electrons. The van der Waals surface area contributed by atoms with Crippen molar-refractivity contribution in [3.05, 3.63) is 50.3 Å². The molecule has 0 N–H and O–H groups in total. The van der Waals surface area contributed by atoms with Crippen molar-refractivity contribution in [3.8, 4) is 5.75 Å². The fourth-order valence-corrected chi connectivity index (χ4v) is 1.85. The molecule has 0 spiro atoms. The van der Waals surface area contributed by atoms with E-state index in [1.54, 1.807) is 10.9 Å². The highest BCUT2D eigenvalue weighted by molar-refractivity contribution is 5.53. The van der Waals surface area contributed by atoms with Crippen molar-refractivity contribution in [1.29, 1.82) is 0 Å². The Morgan fingerprint density at radius 1 is 1.25 bits per heavy atom. The van der Waals surface area contributed by atoms with Crippen LogP contribution in [0.3, 0.4) is 0 Å². The Morgan fingerprint density at radius 3 is 2.62 bits per heavy atom. The zero-order chi connectivity index (χ0) is 17.7. The second-order valence-electron chi connectivity index (χ2n) is 5.23. The summed E-state index contributed by atoms with van der Waals surface area (Å²) >= 11 is 0. The number of hydrogen-bond acceptors (Lipinski definition) is 8. The van der Waals surface area contributed by atoms with Crippen molar-refractivity contribution < 1.29 is 14.6 Å². The lowest BCUT2D eigenvalue weighted by Gasteiger charge is -2.07. The predicted octanol–water partition coefficient (Wildman–Crippen LogP) is 1.24. The van der Waals surface area contributed by atoms with Gasteiger partial charge in [-0.05, 0) is 20.2 Å². The maximum atomic E-state index is 11.0. The molecule has 2 aromatic rings. The standard InChI is InChI=1S/C13H16N6O5/c1-16(2)5-6-17-8-10(14-15-17)9-24-13-4-3-11(18(20)21)7-12(13)19(22)23/h3-4,7-8H,5-6,9H2,1-2H3. The van der Waals surface area contributed by atoms with Crippen LogP contribution in [-0.2, 0) is 13.2 Å². The minimum atomic E-state index is -0.726. The molecule has 0 unspecified atom stereocenters. The Balaban J connectivity index is 2.06. The van der Waals surface area contributed by atoms with Gasteiger partial charge in [-0.25, -0.2) is 0 Å². The monoisotopic (exact) mass is 336 g/mol. The van der Waals surface area contributed by atoms with Gasteiger partial charge in [0.2, 0.25) is 0 Å². The fraction of sp³-hybridized carbons (Fsp3) is 0.385. The molecule has 0 aliphatic heterocycles. The SMILES string of the molecule is CN(C)CCn1cc(COc2ccc([N+](=O)[O-])cc2[N+](=O)[O-])nn1. The molecule has 0 aliphatic rings. The van der Waals surface area contributed by atoms with Crippen LogP contribution in [0.2, 0.25) is 0 Å². The lowest BCUT2D eigenvalue weighted by atomic mass is 10.2. The summed E-state index contributed by atoms with van der Waals surface area (Å²) in [5.74, 6) is -0.0616. The van der Waals surface area contributed by atoms with E-state index < -0.39 is 15.5 Å². The van der Waals surface area contributed by atoms with Crippen LogP contribution in [0, 0.1) is 20.2 Å². The maximum Gasteiger partial charge on any atom is 0.317 e. The zero-order valence-corrected chi connectivity index (χ0v) is 13.2. The molecule has 2 rings (SSSR count). The third kappa shape index (κ3) is 4.46. The van der Waals surface area contributed by atoms with E-state index in [1.165, 1.54) is 6.07 Å². The summed E-state index contributed by atoms with van der Waals surface area (Å²) in [5.41, 5.74) is -0.339. The van der Waals surface area contributed by atoms with Gasteiger partial charge >= 0.3 is 5.69 Å². The first kappa shape index (κ1) is 17.3. The van der Waals surface area contributed by atoms with E-state index >= 15 is 0 Å². The predicted molar refractivity (Wildman–Crippen MR) is 82.7 cm³/mol. The molecule has 1 aromatic carbocycles. The molecule has 0 saturated heterocycles. The third-order valence-corrected chi connectivity index (χ3v) is 3.09. The number of nitrogens with zero attached hydrogens (tertiary/aromatic N) is 6. The Morgan fingerprint density at radius 2 is 2.00 bits per heavy atom. The molecule has 0 saturated carbocycles. The first-order valence-electron chi connectivity index (χ1n) is 6.96. The number of likely N-dealkylation sites (N-methyl/N-ethyl adjacent to an activating group) is 1. The van der Waals surface area contributed by atoms with Crippen LogP contribution < -0.4 is 4.74 Å². The molecule has 0 amide bonds. The van der Waals surface area contributed by atoms with Crippen LogP contribution in [0.25, 0.3) is 0 Å². The molecular formula is C13H16N6O5. The maximum absolute atomic E-state index is 11.0. The summed E-state index contributed by atoms with van der Waals surface area (Å²) in [6.45, 7) is 1.41. The number of benzene rings is 1. The molecule has 11 heteroatoms. The fourth-order valence-electron chi connectivity index (χ4n) is 1.85. The molecule has 0 bridgehead atoms. The van der Waals surface area contributed by atoms with E-state index in [0.29, 0.717) is 12.2 Å². The molecule has 1 aromatic heterocycles. The van der Waals surface area contributed by atoms with Crippen LogP contribution in [-0.4, -0.2) is 50.4 Å². The van der Waals surface area contributed by atoms with Crippen LogP contribution in [0.15, 0.2) is 24.4 Å². The van der Waals surface area contributed by atoms with E-state index in [4.69, 9.17) is 4.74 Å². The van der Waals surface area contributed by atoms with Crippen LogP contribution in [0.5, 0.6) is 5.75 Å². The van der Waals surface area contributed by atoms with Gasteiger partial charge in [-0.2, -0.15) is 0 Å². The normalized spacial score (nSPS) is 10.8. The van der Waals surface area contributed by atoms with Crippen LogP contribution in [0.4, 0.5) is 11.4 Å². The van der Waals surface area contributed by atoms with Crippen LogP contribution >= 0.6 is 0 Å². The quantitative estimate of drug-likeness (QED) is 0.520. The average Bonchev–Trinajstić information content (AvgIpc) is 2.98.